The summed E-state index contributed by atoms with van der Waals surface area (Å²) < 4.78 is 45.0. The molecule has 2 N–H and O–H groups in total. The minimum Gasteiger partial charge on any atom is -0.478 e. The van der Waals surface area contributed by atoms with Crippen LogP contribution in [-0.4, -0.2) is 119 Å². The molecule has 0 saturated carbocycles. The monoisotopic (exact) mass is 1780 g/mol. The van der Waals surface area contributed by atoms with E-state index < -0.39 is 40.8 Å². The first-order chi connectivity index (χ1) is 58.5. The van der Waals surface area contributed by atoms with E-state index in [9.17, 15) is 47.9 Å². The molecular weight excluding hydrogens is 1660 g/mol. The van der Waals surface area contributed by atoms with E-state index in [1.54, 1.807) is 116 Å². The maximum absolute atomic E-state index is 12.5. The van der Waals surface area contributed by atoms with Crippen LogP contribution in [0.25, 0.3) is 0 Å². The van der Waals surface area contributed by atoms with E-state index in [4.69, 9.17) is 94.5 Å². The number of carbonyl (C=O) groups excluding carboxylic acids is 8. The molecule has 0 heterocycles. The number of halogens is 4. The minimum atomic E-state index is -0.934. The Morgan fingerprint density at radius 1 is 0.282 bits per heavy atom. The highest BCUT2D eigenvalue weighted by atomic mass is 35.5. The number of ether oxygens (including phenoxy) is 8. The molecule has 124 heavy (non-hydrogen) atoms. The summed E-state index contributed by atoms with van der Waals surface area (Å²) in [5.74, 6) is -4.49. The lowest BCUT2D eigenvalue weighted by atomic mass is 9.96. The summed E-state index contributed by atoms with van der Waals surface area (Å²) in [5, 5.41) is 19.1. The second-order valence-corrected chi connectivity index (χ2v) is 33.7. The van der Waals surface area contributed by atoms with Crippen LogP contribution in [0.5, 0.6) is 0 Å². The van der Waals surface area contributed by atoms with Crippen LogP contribution in [0.4, 0.5) is 0 Å². The average Bonchev–Trinajstić information content (AvgIpc) is 0.907. The number of aromatic carboxylic acids is 2. The molecule has 8 unspecified atom stereocenters. The van der Waals surface area contributed by atoms with E-state index in [-0.39, 0.29) is 89.7 Å². The molecular formula is C100H124Cl4O20. The summed E-state index contributed by atoms with van der Waals surface area (Å²) in [5.41, 5.74) is 6.70. The van der Waals surface area contributed by atoms with Crippen LogP contribution in [0.3, 0.4) is 0 Å². The maximum Gasteiger partial charge on any atom is 0.338 e. The first-order valence-corrected chi connectivity index (χ1v) is 43.5. The number of carboxylic acids is 2. The third-order valence-electron chi connectivity index (χ3n) is 18.7. The lowest BCUT2D eigenvalue weighted by Gasteiger charge is -2.28. The second-order valence-electron chi connectivity index (χ2n) is 32.0. The quantitative estimate of drug-likeness (QED) is 0.0280. The van der Waals surface area contributed by atoms with Gasteiger partial charge in [0.15, 0.2) is 0 Å². The van der Waals surface area contributed by atoms with Gasteiger partial charge < -0.3 is 48.1 Å². The lowest BCUT2D eigenvalue weighted by molar-refractivity contribution is -0.166. The Hall–Kier alpha value is -10.4. The van der Waals surface area contributed by atoms with Crippen LogP contribution in [0, 0.1) is 38.5 Å². The second kappa shape index (κ2) is 56.5. The summed E-state index contributed by atoms with van der Waals surface area (Å²) in [6.45, 7) is 34.6. The van der Waals surface area contributed by atoms with Gasteiger partial charge in [-0.15, -0.1) is 0 Å². The summed E-state index contributed by atoms with van der Waals surface area (Å²) >= 11 is 22.7. The number of hydrogen-bond acceptors (Lipinski definition) is 18. The first-order valence-electron chi connectivity index (χ1n) is 42.0. The number of benzene rings is 8. The van der Waals surface area contributed by atoms with Crippen molar-refractivity contribution in [2.75, 3.05) is 0 Å². The number of esters is 8. The number of aryl methyl sites for hydroxylation is 4. The van der Waals surface area contributed by atoms with Gasteiger partial charge in [-0.2, -0.15) is 0 Å². The molecule has 0 aliphatic rings. The minimum absolute atomic E-state index is 0.200. The first kappa shape index (κ1) is 108. The molecule has 24 heteroatoms. The van der Waals surface area contributed by atoms with E-state index >= 15 is 0 Å². The third kappa shape index (κ3) is 42.8. The van der Waals surface area contributed by atoms with Crippen molar-refractivity contribution in [3.05, 3.63) is 281 Å². The van der Waals surface area contributed by atoms with Crippen LogP contribution < -0.4 is 0 Å². The zero-order valence-electron chi connectivity index (χ0n) is 74.7. The van der Waals surface area contributed by atoms with Gasteiger partial charge in [0, 0.05) is 45.8 Å². The van der Waals surface area contributed by atoms with Crippen molar-refractivity contribution < 1.29 is 96.1 Å². The fourth-order valence-electron chi connectivity index (χ4n) is 11.4. The van der Waals surface area contributed by atoms with Crippen molar-refractivity contribution in [1.82, 2.24) is 0 Å². The number of rotatable bonds is 34. The van der Waals surface area contributed by atoms with Crippen molar-refractivity contribution >= 4 is 106 Å². The maximum atomic E-state index is 12.5. The molecule has 0 aromatic heterocycles. The van der Waals surface area contributed by atoms with Gasteiger partial charge in [-0.05, 0) is 267 Å². The number of hydrogen-bond donors (Lipinski definition) is 2. The molecule has 8 aromatic rings. The van der Waals surface area contributed by atoms with Gasteiger partial charge in [0.25, 0.3) is 0 Å². The smallest absolute Gasteiger partial charge is 0.338 e. The third-order valence-corrected chi connectivity index (χ3v) is 19.7. The average molecular weight is 1790 g/mol. The van der Waals surface area contributed by atoms with Gasteiger partial charge >= 0.3 is 59.7 Å². The van der Waals surface area contributed by atoms with Crippen molar-refractivity contribution in [2.24, 2.45) is 10.8 Å². The molecule has 0 radical (unpaired) electrons. The summed E-state index contributed by atoms with van der Waals surface area (Å²) in [6, 6.07) is 54.4. The molecule has 0 amide bonds. The Morgan fingerprint density at radius 3 is 0.766 bits per heavy atom. The van der Waals surface area contributed by atoms with E-state index in [1.165, 1.54) is 24.3 Å². The Bertz CT molecular complexity index is 4540. The van der Waals surface area contributed by atoms with Crippen LogP contribution in [0.15, 0.2) is 194 Å². The zero-order valence-corrected chi connectivity index (χ0v) is 77.8. The van der Waals surface area contributed by atoms with Crippen LogP contribution in [-0.2, 0) is 47.5 Å². The number of carboxylic acid groups (broad SMARTS) is 2. The van der Waals surface area contributed by atoms with Gasteiger partial charge in [0.05, 0.1) is 55.3 Å². The van der Waals surface area contributed by atoms with Crippen molar-refractivity contribution in [3.8, 4) is 0 Å². The van der Waals surface area contributed by atoms with E-state index in [1.807, 2.05) is 171 Å². The summed E-state index contributed by atoms with van der Waals surface area (Å²) in [6.07, 6.45) is 7.25. The summed E-state index contributed by atoms with van der Waals surface area (Å²) in [7, 11) is 0. The molecule has 0 saturated heterocycles. The topological polar surface area (TPSA) is 285 Å². The van der Waals surface area contributed by atoms with E-state index in [0.29, 0.717) is 98.4 Å². The molecule has 0 aliphatic heterocycles. The van der Waals surface area contributed by atoms with Crippen molar-refractivity contribution in [1.29, 1.82) is 0 Å². The fraction of sp³-hybridized carbons (Fsp3) is 0.420. The van der Waals surface area contributed by atoms with Crippen molar-refractivity contribution in [2.45, 2.75) is 263 Å². The van der Waals surface area contributed by atoms with Crippen molar-refractivity contribution in [3.63, 3.8) is 0 Å². The molecule has 0 aliphatic carbocycles. The van der Waals surface area contributed by atoms with Gasteiger partial charge in [-0.1, -0.05) is 185 Å². The van der Waals surface area contributed by atoms with Gasteiger partial charge in [-0.25, -0.2) is 38.4 Å². The zero-order chi connectivity index (χ0) is 92.8. The lowest BCUT2D eigenvalue weighted by Crippen LogP contribution is -2.33. The molecule has 0 fully saturated rings. The van der Waals surface area contributed by atoms with E-state index in [0.717, 1.165) is 67.2 Å². The number of carbonyl (C=O) groups is 10. The highest BCUT2D eigenvalue weighted by Gasteiger charge is 2.32. The molecule has 8 atom stereocenters. The molecule has 8 aromatic carbocycles. The van der Waals surface area contributed by atoms with Gasteiger partial charge in [0.1, 0.15) is 48.8 Å². The highest BCUT2D eigenvalue weighted by molar-refractivity contribution is 6.31. The molecule has 8 rings (SSSR count). The molecule has 0 bridgehead atoms. The van der Waals surface area contributed by atoms with Crippen LogP contribution in [0.2, 0.25) is 20.1 Å². The standard InChI is InChI=1S/2C24H30O4.C20H20Cl2O4.C18H34O4.2C7H5ClO2/c1-5-9-22(28-24(26)20-13-8-11-18(4)15-20)16-21(6-2)27-23(25)19-12-7-10-17(3)14-19;1-5-7-22(28-24(26)20-14-10-18(4)11-15-20)16-21(6-2)27-23(25)19-12-8-17(3)9-13-19;1-3-18(26-20(24)15-6-10-17(22)11-7-15)12-13(2)25-19(23)14-4-8-16(21)9-5-14;1-9-11-14(22-16(20)18(6,7)8)12-13(10-2)21-15(19)17(3,4)5;2*8-6-3-1-5(2-4-6)7(9)10/h7-8,10-15,21-22H,5-6,9,16H2,1-4H3;8-15,21-22H,5-7,16H2,1-4H3;4-11,13,18H,3,12H2,1-2H3;13-14H,9-12H2,1-8H3;2*1-4H,(H,9,10). The van der Waals surface area contributed by atoms with Gasteiger partial charge in [-0.3, -0.25) is 9.59 Å². The Morgan fingerprint density at radius 2 is 0.508 bits per heavy atom. The Kier molecular flexibility index (Phi) is 49.1. The fourth-order valence-corrected chi connectivity index (χ4v) is 11.9. The highest BCUT2D eigenvalue weighted by Crippen LogP contribution is 2.27. The molecule has 20 nitrogen and oxygen atoms in total. The van der Waals surface area contributed by atoms with Gasteiger partial charge in [0.2, 0.25) is 0 Å². The van der Waals surface area contributed by atoms with Crippen LogP contribution >= 0.6 is 46.4 Å². The Balaban J connectivity index is 0.000000397. The summed E-state index contributed by atoms with van der Waals surface area (Å²) in [4.78, 5) is 119. The SMILES string of the molecule is CCC(CC(C)OC(=O)c1ccc(Cl)cc1)OC(=O)c1ccc(Cl)cc1.CCCC(CC(CC)OC(=O)C(C)(C)C)OC(=O)C(C)(C)C.CCCC(CC(CC)OC(=O)c1ccc(C)cc1)OC(=O)c1ccc(C)cc1.CCCC(CC(CC)OC(=O)c1cccc(C)c1)OC(=O)c1cccc(C)c1.O=C(O)c1ccc(Cl)cc1.O=C(O)c1ccc(Cl)cc1. The molecule has 0 spiro atoms. The normalized spacial score (nSPS) is 12.7. The largest absolute Gasteiger partial charge is 0.478 e. The predicted octanol–water partition coefficient (Wildman–Crippen LogP) is 25.5. The molecule has 672 valence electrons. The predicted molar refractivity (Wildman–Crippen MR) is 488 cm³/mol. The Labute approximate surface area is 752 Å². The van der Waals surface area contributed by atoms with Crippen LogP contribution in [0.1, 0.15) is 292 Å². The van der Waals surface area contributed by atoms with E-state index in [2.05, 4.69) is 6.92 Å².